The number of carbonyl (C=O) groups is 2. The number of aromatic nitrogens is 1. The van der Waals surface area contributed by atoms with Gasteiger partial charge in [-0.2, -0.15) is 0 Å². The molecule has 8 heteroatoms. The van der Waals surface area contributed by atoms with E-state index in [2.05, 4.69) is 26.0 Å². The molecule has 28 heavy (non-hydrogen) atoms. The summed E-state index contributed by atoms with van der Waals surface area (Å²) in [5, 5.41) is 3.69. The van der Waals surface area contributed by atoms with E-state index in [9.17, 15) is 14.4 Å². The molecule has 2 aromatic carbocycles. The van der Waals surface area contributed by atoms with Gasteiger partial charge in [-0.3, -0.25) is 9.59 Å². The highest BCUT2D eigenvalue weighted by Gasteiger charge is 2.11. The number of fused-ring (bicyclic) bond motifs is 1. The zero-order valence-corrected chi connectivity index (χ0v) is 16.6. The normalized spacial score (nSPS) is 10.5. The van der Waals surface area contributed by atoms with Gasteiger partial charge in [0.25, 0.3) is 5.56 Å². The van der Waals surface area contributed by atoms with Crippen LogP contribution in [0.15, 0.2) is 64.0 Å². The SMILES string of the molecule is COC(=O)COc1cccc2c(=O)n(CC(=O)Nc3ccc(Br)cc3)ccc12. The van der Waals surface area contributed by atoms with Crippen LogP contribution < -0.4 is 15.6 Å². The van der Waals surface area contributed by atoms with Crippen LogP contribution in [0, 0.1) is 0 Å². The number of amides is 1. The Bertz CT molecular complexity index is 1080. The molecule has 7 nitrogen and oxygen atoms in total. The topological polar surface area (TPSA) is 86.6 Å². The van der Waals surface area contributed by atoms with Crippen molar-refractivity contribution in [3.63, 3.8) is 0 Å². The second-order valence-corrected chi connectivity index (χ2v) is 6.80. The van der Waals surface area contributed by atoms with Gasteiger partial charge >= 0.3 is 5.97 Å². The number of ether oxygens (including phenoxy) is 2. The average molecular weight is 445 g/mol. The van der Waals surface area contributed by atoms with Crippen molar-refractivity contribution in [2.45, 2.75) is 6.54 Å². The van der Waals surface area contributed by atoms with Gasteiger partial charge in [0, 0.05) is 21.7 Å². The lowest BCUT2D eigenvalue weighted by Crippen LogP contribution is -2.27. The lowest BCUT2D eigenvalue weighted by atomic mass is 10.1. The predicted octanol–water partition coefficient (Wildman–Crippen LogP) is 2.95. The minimum absolute atomic E-state index is 0.127. The molecule has 0 aliphatic carbocycles. The van der Waals surface area contributed by atoms with Crippen LogP contribution in [0.2, 0.25) is 0 Å². The Morgan fingerprint density at radius 2 is 1.82 bits per heavy atom. The minimum atomic E-state index is -0.519. The molecule has 0 radical (unpaired) electrons. The standard InChI is InChI=1S/C20H17BrN2O5/c1-27-19(25)12-28-17-4-2-3-16-15(17)9-10-23(20(16)26)11-18(24)22-14-7-5-13(21)6-8-14/h2-10H,11-12H2,1H3,(H,22,24). The number of anilines is 1. The summed E-state index contributed by atoms with van der Waals surface area (Å²) in [4.78, 5) is 36.3. The van der Waals surface area contributed by atoms with E-state index in [-0.39, 0.29) is 24.6 Å². The van der Waals surface area contributed by atoms with Crippen molar-refractivity contribution in [1.29, 1.82) is 0 Å². The Kier molecular flexibility index (Phi) is 6.10. The van der Waals surface area contributed by atoms with Crippen LogP contribution in [0.1, 0.15) is 0 Å². The Hall–Kier alpha value is -3.13. The van der Waals surface area contributed by atoms with Crippen LogP contribution in [0.4, 0.5) is 5.69 Å². The third kappa shape index (κ3) is 4.58. The molecule has 3 rings (SSSR count). The summed E-state index contributed by atoms with van der Waals surface area (Å²) in [6.45, 7) is -0.383. The van der Waals surface area contributed by atoms with E-state index in [0.717, 1.165) is 4.47 Å². The molecule has 0 fully saturated rings. The molecule has 1 amide bonds. The Labute approximate surface area is 169 Å². The molecule has 144 valence electrons. The molecule has 3 aromatic rings. The summed E-state index contributed by atoms with van der Waals surface area (Å²) in [6.07, 6.45) is 1.52. The van der Waals surface area contributed by atoms with E-state index in [0.29, 0.717) is 22.2 Å². The Morgan fingerprint density at radius 3 is 2.54 bits per heavy atom. The van der Waals surface area contributed by atoms with Gasteiger partial charge in [0.05, 0.1) is 12.5 Å². The number of carbonyl (C=O) groups excluding carboxylic acids is 2. The third-order valence-corrected chi connectivity index (χ3v) is 4.52. The van der Waals surface area contributed by atoms with Crippen molar-refractivity contribution in [1.82, 2.24) is 4.57 Å². The molecule has 0 unspecified atom stereocenters. The van der Waals surface area contributed by atoms with Gasteiger partial charge in [0.1, 0.15) is 12.3 Å². The van der Waals surface area contributed by atoms with Crippen LogP contribution in [0.25, 0.3) is 10.8 Å². The van der Waals surface area contributed by atoms with E-state index in [1.165, 1.54) is 17.9 Å². The minimum Gasteiger partial charge on any atom is -0.481 e. The number of esters is 1. The highest BCUT2D eigenvalue weighted by Crippen LogP contribution is 2.23. The van der Waals surface area contributed by atoms with E-state index in [4.69, 9.17) is 4.74 Å². The summed E-state index contributed by atoms with van der Waals surface area (Å²) in [5.41, 5.74) is 0.313. The average Bonchev–Trinajstić information content (AvgIpc) is 2.70. The molecule has 0 bridgehead atoms. The summed E-state index contributed by atoms with van der Waals surface area (Å²) in [7, 11) is 1.27. The van der Waals surface area contributed by atoms with Gasteiger partial charge in [-0.25, -0.2) is 4.79 Å². The molecule has 1 heterocycles. The summed E-state index contributed by atoms with van der Waals surface area (Å²) < 4.78 is 12.2. The van der Waals surface area contributed by atoms with Gasteiger partial charge in [0.2, 0.25) is 5.91 Å². The van der Waals surface area contributed by atoms with Crippen molar-refractivity contribution in [3.05, 3.63) is 69.6 Å². The quantitative estimate of drug-likeness (QED) is 0.590. The van der Waals surface area contributed by atoms with Crippen molar-refractivity contribution < 1.29 is 19.1 Å². The van der Waals surface area contributed by atoms with Gasteiger partial charge in [-0.1, -0.05) is 22.0 Å². The lowest BCUT2D eigenvalue weighted by Gasteiger charge is -2.11. The number of rotatable bonds is 6. The van der Waals surface area contributed by atoms with Crippen molar-refractivity contribution in [2.24, 2.45) is 0 Å². The van der Waals surface area contributed by atoms with E-state index >= 15 is 0 Å². The van der Waals surface area contributed by atoms with Crippen molar-refractivity contribution in [2.75, 3.05) is 19.0 Å². The fraction of sp³-hybridized carbons (Fsp3) is 0.150. The van der Waals surface area contributed by atoms with Gasteiger partial charge < -0.3 is 19.4 Å². The van der Waals surface area contributed by atoms with E-state index in [1.807, 2.05) is 12.1 Å². The van der Waals surface area contributed by atoms with Crippen LogP contribution >= 0.6 is 15.9 Å². The molecule has 0 aliphatic rings. The second kappa shape index (κ2) is 8.71. The van der Waals surface area contributed by atoms with Gasteiger partial charge in [0.15, 0.2) is 6.61 Å². The molecular weight excluding hydrogens is 428 g/mol. The number of methoxy groups -OCH3 is 1. The molecule has 0 atom stereocenters. The molecule has 0 saturated heterocycles. The van der Waals surface area contributed by atoms with Crippen LogP contribution in [0.5, 0.6) is 5.75 Å². The number of hydrogen-bond donors (Lipinski definition) is 1. The first-order chi connectivity index (χ1) is 13.5. The second-order valence-electron chi connectivity index (χ2n) is 5.89. The van der Waals surface area contributed by atoms with Crippen molar-refractivity contribution in [3.8, 4) is 5.75 Å². The highest BCUT2D eigenvalue weighted by atomic mass is 79.9. The van der Waals surface area contributed by atoms with Crippen molar-refractivity contribution >= 4 is 44.3 Å². The smallest absolute Gasteiger partial charge is 0.343 e. The maximum Gasteiger partial charge on any atom is 0.343 e. The molecule has 1 aromatic heterocycles. The van der Waals surface area contributed by atoms with Gasteiger partial charge in [-0.05, 0) is 42.5 Å². The molecule has 0 spiro atoms. The number of pyridine rings is 1. The number of halogens is 1. The largest absolute Gasteiger partial charge is 0.481 e. The Balaban J connectivity index is 1.80. The number of benzene rings is 2. The molecular formula is C20H17BrN2O5. The Morgan fingerprint density at radius 1 is 1.07 bits per heavy atom. The zero-order valence-electron chi connectivity index (χ0n) is 15.0. The van der Waals surface area contributed by atoms with Crippen LogP contribution in [0.3, 0.4) is 0 Å². The molecule has 1 N–H and O–H groups in total. The van der Waals surface area contributed by atoms with E-state index < -0.39 is 5.97 Å². The molecule has 0 aliphatic heterocycles. The summed E-state index contributed by atoms with van der Waals surface area (Å²) in [5.74, 6) is -0.441. The fourth-order valence-corrected chi connectivity index (χ4v) is 2.89. The number of nitrogens with zero attached hydrogens (tertiary/aromatic N) is 1. The molecule has 0 saturated carbocycles. The van der Waals surface area contributed by atoms with Gasteiger partial charge in [-0.15, -0.1) is 0 Å². The number of nitrogens with one attached hydrogen (secondary N) is 1. The van der Waals surface area contributed by atoms with E-state index in [1.54, 1.807) is 36.4 Å². The highest BCUT2D eigenvalue weighted by molar-refractivity contribution is 9.10. The zero-order chi connectivity index (χ0) is 20.1. The predicted molar refractivity (Wildman–Crippen MR) is 108 cm³/mol. The maximum atomic E-state index is 12.7. The lowest BCUT2D eigenvalue weighted by molar-refractivity contribution is -0.142. The summed E-state index contributed by atoms with van der Waals surface area (Å²) >= 11 is 3.33. The fourth-order valence-electron chi connectivity index (χ4n) is 2.62. The summed E-state index contributed by atoms with van der Waals surface area (Å²) in [6, 6.07) is 13.8. The first-order valence-electron chi connectivity index (χ1n) is 8.35. The first-order valence-corrected chi connectivity index (χ1v) is 9.14. The van der Waals surface area contributed by atoms with Crippen LogP contribution in [-0.4, -0.2) is 30.2 Å². The monoisotopic (exact) mass is 444 g/mol. The number of hydrogen-bond acceptors (Lipinski definition) is 5. The van der Waals surface area contributed by atoms with Crippen LogP contribution in [-0.2, 0) is 20.9 Å². The first kappa shape index (κ1) is 19.6. The third-order valence-electron chi connectivity index (χ3n) is 3.99. The maximum absolute atomic E-state index is 12.7.